The zero-order valence-electron chi connectivity index (χ0n) is 12.1. The minimum absolute atomic E-state index is 0.00279. The molecule has 8 heteroatoms. The Bertz CT molecular complexity index is 677. The van der Waals surface area contributed by atoms with Crippen LogP contribution in [0.15, 0.2) is 11.2 Å². The van der Waals surface area contributed by atoms with Gasteiger partial charge in [-0.15, -0.1) is 0 Å². The highest BCUT2D eigenvalue weighted by molar-refractivity contribution is 7.89. The highest BCUT2D eigenvalue weighted by Crippen LogP contribution is 2.49. The summed E-state index contributed by atoms with van der Waals surface area (Å²) in [6.07, 6.45) is 3.67. The first-order valence-electron chi connectivity index (χ1n) is 7.01. The van der Waals surface area contributed by atoms with E-state index in [2.05, 4.69) is 4.98 Å². The number of nitrogens with zero attached hydrogens (tertiary/aromatic N) is 3. The van der Waals surface area contributed by atoms with Gasteiger partial charge >= 0.3 is 5.97 Å². The maximum atomic E-state index is 12.7. The van der Waals surface area contributed by atoms with Crippen molar-refractivity contribution in [3.63, 3.8) is 0 Å². The van der Waals surface area contributed by atoms with Gasteiger partial charge in [0.15, 0.2) is 5.03 Å². The fourth-order valence-corrected chi connectivity index (χ4v) is 5.14. The van der Waals surface area contributed by atoms with E-state index in [4.69, 9.17) is 0 Å². The summed E-state index contributed by atoms with van der Waals surface area (Å²) >= 11 is 0. The molecule has 2 atom stereocenters. The summed E-state index contributed by atoms with van der Waals surface area (Å²) in [5, 5.41) is 9.54. The number of aryl methyl sites for hydroxylation is 2. The lowest BCUT2D eigenvalue weighted by Gasteiger charge is -2.22. The smallest absolute Gasteiger partial charge is 0.311 e. The van der Waals surface area contributed by atoms with Crippen LogP contribution in [0.1, 0.15) is 25.1 Å². The van der Waals surface area contributed by atoms with Crippen molar-refractivity contribution in [2.75, 3.05) is 13.1 Å². The first-order chi connectivity index (χ1) is 9.77. The van der Waals surface area contributed by atoms with Gasteiger partial charge in [0, 0.05) is 26.3 Å². The van der Waals surface area contributed by atoms with E-state index >= 15 is 0 Å². The molecule has 7 nitrogen and oxygen atoms in total. The SMILES string of the molecule is Cc1nc(S(=O)(=O)N2C[C@@H]3CCC[C@@]3(C(=O)O)C2)cn1C. The number of hydrogen-bond donors (Lipinski definition) is 1. The molecule has 2 heterocycles. The topological polar surface area (TPSA) is 92.5 Å². The lowest BCUT2D eigenvalue weighted by atomic mass is 9.81. The maximum absolute atomic E-state index is 12.7. The lowest BCUT2D eigenvalue weighted by Crippen LogP contribution is -2.37. The third kappa shape index (κ3) is 2.00. The molecule has 2 fully saturated rings. The van der Waals surface area contributed by atoms with E-state index in [0.29, 0.717) is 12.2 Å². The molecule has 0 bridgehead atoms. The number of fused-ring (bicyclic) bond motifs is 1. The van der Waals surface area contributed by atoms with Crippen LogP contribution in [-0.2, 0) is 21.9 Å². The van der Waals surface area contributed by atoms with Crippen LogP contribution < -0.4 is 0 Å². The van der Waals surface area contributed by atoms with Gasteiger partial charge in [0.1, 0.15) is 5.82 Å². The first kappa shape index (κ1) is 14.5. The largest absolute Gasteiger partial charge is 0.481 e. The molecule has 1 N–H and O–H groups in total. The van der Waals surface area contributed by atoms with Crippen molar-refractivity contribution >= 4 is 16.0 Å². The molecule has 0 radical (unpaired) electrons. The molecule has 0 unspecified atom stereocenters. The van der Waals surface area contributed by atoms with Gasteiger partial charge < -0.3 is 9.67 Å². The standard InChI is InChI=1S/C13H19N3O4S/c1-9-14-11(7-15(9)2)21(19,20)16-6-10-4-3-5-13(10,8-16)12(17)18/h7,10H,3-6,8H2,1-2H3,(H,17,18)/t10-,13+/m0/s1. The molecule has 1 aromatic rings. The molecular weight excluding hydrogens is 294 g/mol. The Morgan fingerprint density at radius 1 is 1.52 bits per heavy atom. The van der Waals surface area contributed by atoms with Crippen LogP contribution >= 0.6 is 0 Å². The third-order valence-corrected chi connectivity index (χ3v) is 6.64. The fraction of sp³-hybridized carbons (Fsp3) is 0.692. The molecule has 1 saturated heterocycles. The molecule has 21 heavy (non-hydrogen) atoms. The van der Waals surface area contributed by atoms with Crippen LogP contribution in [0.4, 0.5) is 0 Å². The van der Waals surface area contributed by atoms with E-state index < -0.39 is 21.4 Å². The summed E-state index contributed by atoms with van der Waals surface area (Å²) in [5.74, 6) is -0.351. The van der Waals surface area contributed by atoms with Crippen LogP contribution in [0, 0.1) is 18.3 Å². The van der Waals surface area contributed by atoms with Crippen LogP contribution in [0.3, 0.4) is 0 Å². The van der Waals surface area contributed by atoms with Gasteiger partial charge in [-0.1, -0.05) is 6.42 Å². The van der Waals surface area contributed by atoms with Gasteiger partial charge in [0.25, 0.3) is 10.0 Å². The number of carboxylic acid groups (broad SMARTS) is 1. The summed E-state index contributed by atoms with van der Waals surface area (Å²) in [5.41, 5.74) is -0.906. The summed E-state index contributed by atoms with van der Waals surface area (Å²) in [6.45, 7) is 2.08. The van der Waals surface area contributed by atoms with Crippen LogP contribution in [0.25, 0.3) is 0 Å². The number of hydrogen-bond acceptors (Lipinski definition) is 4. The van der Waals surface area contributed by atoms with Crippen molar-refractivity contribution in [3.8, 4) is 0 Å². The Balaban J connectivity index is 1.94. The van der Waals surface area contributed by atoms with Crippen molar-refractivity contribution < 1.29 is 18.3 Å². The van der Waals surface area contributed by atoms with Gasteiger partial charge in [-0.05, 0) is 25.7 Å². The summed E-state index contributed by atoms with van der Waals surface area (Å²) in [6, 6.07) is 0. The number of aromatic nitrogens is 2. The predicted octanol–water partition coefficient (Wildman–Crippen LogP) is 0.604. The van der Waals surface area contributed by atoms with Crippen LogP contribution in [0.5, 0.6) is 0 Å². The van der Waals surface area contributed by atoms with Gasteiger partial charge in [0.2, 0.25) is 0 Å². The van der Waals surface area contributed by atoms with Crippen molar-refractivity contribution in [1.82, 2.24) is 13.9 Å². The molecule has 116 valence electrons. The van der Waals surface area contributed by atoms with E-state index in [1.807, 2.05) is 0 Å². The molecule has 1 aliphatic carbocycles. The number of imidazole rings is 1. The Morgan fingerprint density at radius 2 is 2.24 bits per heavy atom. The van der Waals surface area contributed by atoms with Gasteiger partial charge in [0.05, 0.1) is 5.41 Å². The van der Waals surface area contributed by atoms with Crippen LogP contribution in [-0.4, -0.2) is 46.4 Å². The Kier molecular flexibility index (Phi) is 3.14. The number of sulfonamides is 1. The molecule has 0 aromatic carbocycles. The highest BCUT2D eigenvalue weighted by atomic mass is 32.2. The molecule has 2 aliphatic rings. The lowest BCUT2D eigenvalue weighted by molar-refractivity contribution is -0.149. The number of carboxylic acids is 1. The van der Waals surface area contributed by atoms with Crippen molar-refractivity contribution in [1.29, 1.82) is 0 Å². The van der Waals surface area contributed by atoms with Crippen molar-refractivity contribution in [3.05, 3.63) is 12.0 Å². The van der Waals surface area contributed by atoms with Gasteiger partial charge in [-0.25, -0.2) is 13.4 Å². The quantitative estimate of drug-likeness (QED) is 0.882. The monoisotopic (exact) mass is 313 g/mol. The Labute approximate surface area is 123 Å². The van der Waals surface area contributed by atoms with Gasteiger partial charge in [-0.2, -0.15) is 4.31 Å². The molecular formula is C13H19N3O4S. The van der Waals surface area contributed by atoms with Crippen molar-refractivity contribution in [2.24, 2.45) is 18.4 Å². The Morgan fingerprint density at radius 3 is 2.76 bits per heavy atom. The average molecular weight is 313 g/mol. The zero-order valence-corrected chi connectivity index (χ0v) is 12.9. The summed E-state index contributed by atoms with van der Waals surface area (Å²) < 4.78 is 28.3. The summed E-state index contributed by atoms with van der Waals surface area (Å²) in [4.78, 5) is 15.7. The number of aliphatic carboxylic acids is 1. The molecule has 0 amide bonds. The average Bonchev–Trinajstić information content (AvgIpc) is 3.02. The predicted molar refractivity (Wildman–Crippen MR) is 74.1 cm³/mol. The van der Waals surface area contributed by atoms with Crippen LogP contribution in [0.2, 0.25) is 0 Å². The van der Waals surface area contributed by atoms with Crippen molar-refractivity contribution in [2.45, 2.75) is 31.2 Å². The van der Waals surface area contributed by atoms with E-state index in [1.54, 1.807) is 18.5 Å². The number of carbonyl (C=O) groups is 1. The van der Waals surface area contributed by atoms with E-state index in [-0.39, 0.29) is 24.0 Å². The molecule has 1 saturated carbocycles. The minimum atomic E-state index is -3.72. The molecule has 1 aliphatic heterocycles. The van der Waals surface area contributed by atoms with E-state index in [9.17, 15) is 18.3 Å². The van der Waals surface area contributed by atoms with E-state index in [0.717, 1.165) is 12.8 Å². The third-order valence-electron chi connectivity index (χ3n) is 4.96. The van der Waals surface area contributed by atoms with Gasteiger partial charge in [-0.3, -0.25) is 4.79 Å². The Hall–Kier alpha value is -1.41. The second-order valence-electron chi connectivity index (χ2n) is 6.09. The second kappa shape index (κ2) is 4.54. The minimum Gasteiger partial charge on any atom is -0.481 e. The number of rotatable bonds is 3. The molecule has 0 spiro atoms. The maximum Gasteiger partial charge on any atom is 0.311 e. The first-order valence-corrected chi connectivity index (χ1v) is 8.45. The van der Waals surface area contributed by atoms with E-state index in [1.165, 1.54) is 10.5 Å². The highest BCUT2D eigenvalue weighted by Gasteiger charge is 2.57. The summed E-state index contributed by atoms with van der Waals surface area (Å²) in [7, 11) is -1.98. The molecule has 3 rings (SSSR count). The fourth-order valence-electron chi connectivity index (χ4n) is 3.56. The normalized spacial score (nSPS) is 29.7. The second-order valence-corrected chi connectivity index (χ2v) is 7.97. The zero-order chi connectivity index (χ0) is 15.4. The molecule has 1 aromatic heterocycles.